The number of nitrogens with one attached hydrogen (secondary N) is 1. The molecule has 1 aromatic heterocycles. The van der Waals surface area contributed by atoms with Crippen LogP contribution in [0.5, 0.6) is 0 Å². The number of hydrogen-bond acceptors (Lipinski definition) is 3. The maximum absolute atomic E-state index is 11.5. The van der Waals surface area contributed by atoms with Crippen LogP contribution in [0.4, 0.5) is 0 Å². The number of rotatable bonds is 5. The fraction of sp³-hybridized carbons (Fsp3) is 0.667. The Morgan fingerprint density at radius 3 is 2.58 bits per heavy atom. The van der Waals surface area contributed by atoms with Gasteiger partial charge in [0.1, 0.15) is 6.04 Å². The van der Waals surface area contributed by atoms with Crippen LogP contribution < -0.4 is 5.32 Å². The van der Waals surface area contributed by atoms with Crippen LogP contribution in [-0.4, -0.2) is 17.1 Å². The second kappa shape index (κ2) is 7.06. The van der Waals surface area contributed by atoms with Gasteiger partial charge in [-0.3, -0.25) is 10.1 Å². The Bertz CT molecular complexity index is 408. The Kier molecular flexibility index (Phi) is 5.40. The maximum Gasteiger partial charge on any atom is 0.326 e. The van der Waals surface area contributed by atoms with E-state index < -0.39 is 12.0 Å². The van der Waals surface area contributed by atoms with Crippen LogP contribution in [0, 0.1) is 0 Å². The average Bonchev–Trinajstić information content (AvgIpc) is 2.72. The SMILES string of the molecule is CCc1ccc(C(NC2CCCCCC2)C(=O)O)s1. The van der Waals surface area contributed by atoms with Gasteiger partial charge in [0, 0.05) is 15.8 Å². The highest BCUT2D eigenvalue weighted by molar-refractivity contribution is 7.12. The zero-order valence-corrected chi connectivity index (χ0v) is 12.3. The van der Waals surface area contributed by atoms with E-state index >= 15 is 0 Å². The van der Waals surface area contributed by atoms with Crippen molar-refractivity contribution in [2.75, 3.05) is 0 Å². The van der Waals surface area contributed by atoms with Gasteiger partial charge < -0.3 is 5.11 Å². The summed E-state index contributed by atoms with van der Waals surface area (Å²) >= 11 is 1.62. The third-order valence-corrected chi connectivity index (χ3v) is 5.11. The van der Waals surface area contributed by atoms with Gasteiger partial charge in [0.15, 0.2) is 0 Å². The van der Waals surface area contributed by atoms with Crippen LogP contribution in [0.1, 0.15) is 61.2 Å². The van der Waals surface area contributed by atoms with Crippen molar-refractivity contribution in [2.24, 2.45) is 0 Å². The third kappa shape index (κ3) is 4.05. The molecule has 106 valence electrons. The van der Waals surface area contributed by atoms with Gasteiger partial charge in [-0.05, 0) is 31.4 Å². The molecule has 19 heavy (non-hydrogen) atoms. The number of carboxylic acid groups (broad SMARTS) is 1. The Hall–Kier alpha value is -0.870. The minimum atomic E-state index is -0.756. The lowest BCUT2D eigenvalue weighted by atomic mass is 10.1. The number of hydrogen-bond donors (Lipinski definition) is 2. The first kappa shape index (κ1) is 14.5. The predicted octanol–water partition coefficient (Wildman–Crippen LogP) is 3.75. The zero-order valence-electron chi connectivity index (χ0n) is 11.5. The molecule has 0 spiro atoms. The molecule has 0 bridgehead atoms. The Morgan fingerprint density at radius 1 is 1.37 bits per heavy atom. The molecule has 1 aromatic rings. The molecule has 0 aromatic carbocycles. The largest absolute Gasteiger partial charge is 0.480 e. The molecule has 1 atom stereocenters. The molecule has 0 aliphatic heterocycles. The van der Waals surface area contributed by atoms with Gasteiger partial charge in [-0.1, -0.05) is 32.6 Å². The topological polar surface area (TPSA) is 49.3 Å². The monoisotopic (exact) mass is 281 g/mol. The molecular weight excluding hydrogens is 258 g/mol. The van der Waals surface area contributed by atoms with Gasteiger partial charge in [-0.15, -0.1) is 11.3 Å². The fourth-order valence-corrected chi connectivity index (χ4v) is 3.70. The Labute approximate surface area is 119 Å². The number of aryl methyl sites for hydroxylation is 1. The van der Waals surface area contributed by atoms with E-state index in [0.29, 0.717) is 6.04 Å². The zero-order chi connectivity index (χ0) is 13.7. The summed E-state index contributed by atoms with van der Waals surface area (Å²) in [4.78, 5) is 13.7. The molecule has 4 heteroatoms. The molecule has 1 heterocycles. The van der Waals surface area contributed by atoms with E-state index in [2.05, 4.69) is 12.2 Å². The summed E-state index contributed by atoms with van der Waals surface area (Å²) in [6.45, 7) is 2.10. The molecule has 0 radical (unpaired) electrons. The standard InChI is InChI=1S/C15H23NO2S/c1-2-12-9-10-13(19-12)14(15(17)18)16-11-7-5-3-4-6-8-11/h9-11,14,16H,2-8H2,1H3,(H,17,18). The molecule has 1 fully saturated rings. The van der Waals surface area contributed by atoms with Crippen LogP contribution in [0.3, 0.4) is 0 Å². The quantitative estimate of drug-likeness (QED) is 0.808. The van der Waals surface area contributed by atoms with Crippen molar-refractivity contribution in [1.82, 2.24) is 5.32 Å². The molecule has 1 saturated carbocycles. The third-order valence-electron chi connectivity index (χ3n) is 3.82. The highest BCUT2D eigenvalue weighted by Crippen LogP contribution is 2.26. The lowest BCUT2D eigenvalue weighted by Gasteiger charge is -2.21. The first-order valence-electron chi connectivity index (χ1n) is 7.28. The molecule has 0 amide bonds. The minimum absolute atomic E-state index is 0.357. The van der Waals surface area contributed by atoms with Crippen molar-refractivity contribution in [3.8, 4) is 0 Å². The molecule has 1 aliphatic carbocycles. The molecule has 1 aliphatic rings. The molecule has 2 N–H and O–H groups in total. The normalized spacial score (nSPS) is 19.0. The van der Waals surface area contributed by atoms with Crippen LogP contribution in [0.2, 0.25) is 0 Å². The van der Waals surface area contributed by atoms with Gasteiger partial charge in [-0.25, -0.2) is 0 Å². The Morgan fingerprint density at radius 2 is 2.05 bits per heavy atom. The number of carboxylic acids is 1. The average molecular weight is 281 g/mol. The van der Waals surface area contributed by atoms with E-state index in [9.17, 15) is 9.90 Å². The van der Waals surface area contributed by atoms with Gasteiger partial charge >= 0.3 is 5.97 Å². The summed E-state index contributed by atoms with van der Waals surface area (Å²) in [7, 11) is 0. The summed E-state index contributed by atoms with van der Waals surface area (Å²) in [6.07, 6.45) is 8.19. The minimum Gasteiger partial charge on any atom is -0.480 e. The van der Waals surface area contributed by atoms with Gasteiger partial charge in [0.05, 0.1) is 0 Å². The Balaban J connectivity index is 2.04. The van der Waals surface area contributed by atoms with Gasteiger partial charge in [0.2, 0.25) is 0 Å². The summed E-state index contributed by atoms with van der Waals surface area (Å²) < 4.78 is 0. The molecule has 1 unspecified atom stereocenters. The van der Waals surface area contributed by atoms with Gasteiger partial charge in [-0.2, -0.15) is 0 Å². The van der Waals surface area contributed by atoms with Crippen molar-refractivity contribution in [3.05, 3.63) is 21.9 Å². The highest BCUT2D eigenvalue weighted by Gasteiger charge is 2.25. The predicted molar refractivity (Wildman–Crippen MR) is 78.7 cm³/mol. The van der Waals surface area contributed by atoms with Crippen molar-refractivity contribution < 1.29 is 9.90 Å². The van der Waals surface area contributed by atoms with E-state index in [1.54, 1.807) is 11.3 Å². The first-order chi connectivity index (χ1) is 9.20. The lowest BCUT2D eigenvalue weighted by molar-refractivity contribution is -0.139. The van der Waals surface area contributed by atoms with E-state index in [0.717, 1.165) is 24.1 Å². The maximum atomic E-state index is 11.5. The second-order valence-electron chi connectivity index (χ2n) is 5.28. The summed E-state index contributed by atoms with van der Waals surface area (Å²) in [5.74, 6) is -0.756. The lowest BCUT2D eigenvalue weighted by Crippen LogP contribution is -2.36. The molecular formula is C15H23NO2S. The fourth-order valence-electron chi connectivity index (χ4n) is 2.70. The summed E-state index contributed by atoms with van der Waals surface area (Å²) in [5, 5.41) is 12.8. The van der Waals surface area contributed by atoms with Crippen LogP contribution in [0.15, 0.2) is 12.1 Å². The van der Waals surface area contributed by atoms with E-state index in [1.807, 2.05) is 12.1 Å². The van der Waals surface area contributed by atoms with Crippen molar-refractivity contribution in [2.45, 2.75) is 64.0 Å². The summed E-state index contributed by atoms with van der Waals surface area (Å²) in [5.41, 5.74) is 0. The second-order valence-corrected chi connectivity index (χ2v) is 6.48. The highest BCUT2D eigenvalue weighted by atomic mass is 32.1. The number of thiophene rings is 1. The molecule has 0 saturated heterocycles. The van der Waals surface area contributed by atoms with Crippen molar-refractivity contribution >= 4 is 17.3 Å². The smallest absolute Gasteiger partial charge is 0.326 e. The van der Waals surface area contributed by atoms with Gasteiger partial charge in [0.25, 0.3) is 0 Å². The van der Waals surface area contributed by atoms with Crippen LogP contribution in [0.25, 0.3) is 0 Å². The van der Waals surface area contributed by atoms with E-state index in [4.69, 9.17) is 0 Å². The van der Waals surface area contributed by atoms with E-state index in [-0.39, 0.29) is 0 Å². The number of carbonyl (C=O) groups is 1. The van der Waals surface area contributed by atoms with Crippen molar-refractivity contribution in [3.63, 3.8) is 0 Å². The van der Waals surface area contributed by atoms with Crippen LogP contribution >= 0.6 is 11.3 Å². The van der Waals surface area contributed by atoms with Crippen LogP contribution in [-0.2, 0) is 11.2 Å². The molecule has 2 rings (SSSR count). The first-order valence-corrected chi connectivity index (χ1v) is 8.10. The number of aliphatic carboxylic acids is 1. The van der Waals surface area contributed by atoms with E-state index in [1.165, 1.54) is 30.6 Å². The van der Waals surface area contributed by atoms with Crippen molar-refractivity contribution in [1.29, 1.82) is 0 Å². The molecule has 3 nitrogen and oxygen atoms in total. The summed E-state index contributed by atoms with van der Waals surface area (Å²) in [6, 6.07) is 3.83.